The first-order valence-electron chi connectivity index (χ1n) is 5.04. The number of carbonyl (C=O) groups excluding carboxylic acids is 1. The van der Waals surface area contributed by atoms with Crippen molar-refractivity contribution in [2.24, 2.45) is 4.99 Å². The molecule has 1 aliphatic carbocycles. The molecule has 1 fully saturated rings. The van der Waals surface area contributed by atoms with Gasteiger partial charge in [0.05, 0.1) is 5.54 Å². The zero-order valence-corrected chi connectivity index (χ0v) is 8.57. The quantitative estimate of drug-likeness (QED) is 0.587. The Morgan fingerprint density at radius 2 is 1.94 bits per heavy atom. The van der Waals surface area contributed by atoms with E-state index in [1.807, 2.05) is 0 Å². The molecule has 6 heteroatoms. The van der Waals surface area contributed by atoms with E-state index in [-0.39, 0.29) is 11.5 Å². The highest BCUT2D eigenvalue weighted by Crippen LogP contribution is 2.52. The third-order valence-corrected chi connectivity index (χ3v) is 2.92. The summed E-state index contributed by atoms with van der Waals surface area (Å²) in [5.41, 5.74) is 0.0683. The van der Waals surface area contributed by atoms with E-state index in [9.17, 15) is 13.6 Å². The second-order valence-electron chi connectivity index (χ2n) is 4.06. The maximum absolute atomic E-state index is 12.8. The summed E-state index contributed by atoms with van der Waals surface area (Å²) in [6.07, 6.45) is -0.698. The van der Waals surface area contributed by atoms with Gasteiger partial charge in [-0.1, -0.05) is 6.07 Å². The topological polar surface area (TPSA) is 47.9 Å². The summed E-state index contributed by atoms with van der Waals surface area (Å²) in [5.74, 6) is -0.0375. The number of aliphatic imine (C=N–C) groups is 1. The van der Waals surface area contributed by atoms with E-state index in [0.717, 1.165) is 0 Å². The summed E-state index contributed by atoms with van der Waals surface area (Å²) < 4.78 is 34.2. The Kier molecular flexibility index (Phi) is 1.83. The molecule has 0 N–H and O–H groups in total. The number of benzene rings is 1. The van der Waals surface area contributed by atoms with Crippen LogP contribution in [0.15, 0.2) is 23.2 Å². The summed E-state index contributed by atoms with van der Waals surface area (Å²) in [4.78, 5) is 14.0. The molecule has 3 rings (SSSR count). The second-order valence-corrected chi connectivity index (χ2v) is 4.06. The fourth-order valence-electron chi connectivity index (χ4n) is 1.91. The molecule has 1 heterocycles. The predicted molar refractivity (Wildman–Crippen MR) is 51.7 cm³/mol. The van der Waals surface area contributed by atoms with Crippen molar-refractivity contribution in [1.82, 2.24) is 0 Å². The molecule has 0 atom stereocenters. The number of rotatable bonds is 2. The van der Waals surface area contributed by atoms with Gasteiger partial charge in [-0.25, -0.2) is 4.79 Å². The Hall–Kier alpha value is -1.94. The third-order valence-electron chi connectivity index (χ3n) is 2.92. The molecular formula is C11H7F2NO3. The zero-order chi connectivity index (χ0) is 12.1. The number of hydrogen-bond acceptors (Lipinski definition) is 4. The van der Waals surface area contributed by atoms with Gasteiger partial charge in [-0.15, -0.1) is 8.78 Å². The summed E-state index contributed by atoms with van der Waals surface area (Å²) in [7, 11) is 0. The molecule has 1 aliphatic heterocycles. The molecule has 4 nitrogen and oxygen atoms in total. The Bertz CT molecular complexity index is 534. The fraction of sp³-hybridized carbons (Fsp3) is 0.364. The van der Waals surface area contributed by atoms with Crippen molar-refractivity contribution in [3.05, 3.63) is 23.8 Å². The van der Waals surface area contributed by atoms with Crippen LogP contribution in [0.1, 0.15) is 18.4 Å². The van der Waals surface area contributed by atoms with Crippen molar-refractivity contribution in [3.8, 4) is 11.5 Å². The average molecular weight is 239 g/mol. The predicted octanol–water partition coefficient (Wildman–Crippen LogP) is 2.33. The van der Waals surface area contributed by atoms with Gasteiger partial charge >= 0.3 is 6.29 Å². The van der Waals surface area contributed by atoms with Crippen LogP contribution in [0.2, 0.25) is 0 Å². The lowest BCUT2D eigenvalue weighted by molar-refractivity contribution is -0.286. The Labute approximate surface area is 94.9 Å². The van der Waals surface area contributed by atoms with Crippen LogP contribution >= 0.6 is 0 Å². The normalized spacial score (nSPS) is 21.8. The maximum Gasteiger partial charge on any atom is 0.586 e. The van der Waals surface area contributed by atoms with E-state index in [1.165, 1.54) is 18.2 Å². The molecule has 2 aliphatic rings. The van der Waals surface area contributed by atoms with Crippen LogP contribution in [-0.4, -0.2) is 12.4 Å². The van der Waals surface area contributed by atoms with Crippen LogP contribution in [0.3, 0.4) is 0 Å². The van der Waals surface area contributed by atoms with Gasteiger partial charge in [-0.3, -0.25) is 0 Å². The van der Waals surface area contributed by atoms with Crippen molar-refractivity contribution in [3.63, 3.8) is 0 Å². The van der Waals surface area contributed by atoms with Crippen molar-refractivity contribution in [2.75, 3.05) is 0 Å². The molecule has 0 aromatic heterocycles. The highest BCUT2D eigenvalue weighted by molar-refractivity contribution is 5.50. The standard InChI is InChI=1S/C11H7F2NO3/c12-11(13)16-8-2-1-7(5-9(8)17-11)10(3-4-10)14-6-15/h1-2,5H,3-4H2. The average Bonchev–Trinajstić information content (AvgIpc) is 2.94. The number of fused-ring (bicyclic) bond motifs is 1. The number of hydrogen-bond donors (Lipinski definition) is 0. The third kappa shape index (κ3) is 1.57. The molecule has 1 aromatic carbocycles. The van der Waals surface area contributed by atoms with E-state index in [0.29, 0.717) is 18.4 Å². The lowest BCUT2D eigenvalue weighted by atomic mass is 10.1. The van der Waals surface area contributed by atoms with E-state index in [2.05, 4.69) is 14.5 Å². The molecule has 0 spiro atoms. The van der Waals surface area contributed by atoms with Gasteiger partial charge < -0.3 is 9.47 Å². The SMILES string of the molecule is O=C=NC1(c2ccc3c(c2)OC(F)(F)O3)CC1. The van der Waals surface area contributed by atoms with Gasteiger partial charge in [-0.2, -0.15) is 4.99 Å². The monoisotopic (exact) mass is 239 g/mol. The minimum atomic E-state index is -3.62. The van der Waals surface area contributed by atoms with Gasteiger partial charge in [0.1, 0.15) is 0 Å². The van der Waals surface area contributed by atoms with Crippen LogP contribution in [0.4, 0.5) is 8.78 Å². The van der Waals surface area contributed by atoms with Crippen LogP contribution in [-0.2, 0) is 10.3 Å². The minimum absolute atomic E-state index is 0.00960. The molecule has 1 aromatic rings. The molecule has 0 amide bonds. The Balaban J connectivity index is 1.99. The first-order valence-corrected chi connectivity index (χ1v) is 5.04. The number of ether oxygens (including phenoxy) is 2. The van der Waals surface area contributed by atoms with Crippen molar-refractivity contribution >= 4 is 6.08 Å². The minimum Gasteiger partial charge on any atom is -0.395 e. The molecule has 1 saturated carbocycles. The van der Waals surface area contributed by atoms with Gasteiger partial charge in [0.2, 0.25) is 6.08 Å². The molecule has 17 heavy (non-hydrogen) atoms. The van der Waals surface area contributed by atoms with Gasteiger partial charge in [0.15, 0.2) is 11.5 Å². The molecule has 0 bridgehead atoms. The first-order chi connectivity index (χ1) is 8.05. The van der Waals surface area contributed by atoms with Crippen LogP contribution in [0.25, 0.3) is 0 Å². The lowest BCUT2D eigenvalue weighted by Gasteiger charge is -2.08. The van der Waals surface area contributed by atoms with Crippen LogP contribution < -0.4 is 9.47 Å². The fourth-order valence-corrected chi connectivity index (χ4v) is 1.91. The van der Waals surface area contributed by atoms with E-state index in [4.69, 9.17) is 0 Å². The molecule has 0 radical (unpaired) electrons. The summed E-state index contributed by atoms with van der Waals surface area (Å²) in [6, 6.07) is 4.44. The van der Waals surface area contributed by atoms with Crippen LogP contribution in [0.5, 0.6) is 11.5 Å². The number of nitrogens with zero attached hydrogens (tertiary/aromatic N) is 1. The smallest absolute Gasteiger partial charge is 0.395 e. The van der Waals surface area contributed by atoms with Crippen LogP contribution in [0, 0.1) is 0 Å². The van der Waals surface area contributed by atoms with Crippen molar-refractivity contribution in [1.29, 1.82) is 0 Å². The zero-order valence-electron chi connectivity index (χ0n) is 8.57. The van der Waals surface area contributed by atoms with E-state index in [1.54, 1.807) is 6.07 Å². The van der Waals surface area contributed by atoms with Crippen molar-refractivity contribution in [2.45, 2.75) is 24.7 Å². The highest BCUT2D eigenvalue weighted by atomic mass is 19.3. The number of alkyl halides is 2. The Morgan fingerprint density at radius 3 is 2.59 bits per heavy atom. The molecule has 0 unspecified atom stereocenters. The molecular weight excluding hydrogens is 232 g/mol. The highest BCUT2D eigenvalue weighted by Gasteiger charge is 2.48. The molecule has 88 valence electrons. The van der Waals surface area contributed by atoms with E-state index >= 15 is 0 Å². The van der Waals surface area contributed by atoms with E-state index < -0.39 is 11.8 Å². The molecule has 0 saturated heterocycles. The van der Waals surface area contributed by atoms with Gasteiger partial charge in [0, 0.05) is 0 Å². The number of isocyanates is 1. The maximum atomic E-state index is 12.8. The number of halogens is 2. The van der Waals surface area contributed by atoms with Gasteiger partial charge in [0.25, 0.3) is 0 Å². The summed E-state index contributed by atoms with van der Waals surface area (Å²) in [5, 5.41) is 0. The Morgan fingerprint density at radius 1 is 1.24 bits per heavy atom. The lowest BCUT2D eigenvalue weighted by Crippen LogP contribution is -2.25. The summed E-state index contributed by atoms with van der Waals surface area (Å²) in [6.45, 7) is 0. The second kappa shape index (κ2) is 3.05. The van der Waals surface area contributed by atoms with Gasteiger partial charge in [-0.05, 0) is 30.5 Å². The first kappa shape index (κ1) is 10.2. The largest absolute Gasteiger partial charge is 0.586 e. The van der Waals surface area contributed by atoms with Crippen molar-refractivity contribution < 1.29 is 23.0 Å². The summed E-state index contributed by atoms with van der Waals surface area (Å²) >= 11 is 0.